The summed E-state index contributed by atoms with van der Waals surface area (Å²) < 4.78 is 38.2. The third-order valence-corrected chi connectivity index (χ3v) is 4.06. The number of nitrogens with zero attached hydrogens (tertiary/aromatic N) is 1. The molecule has 0 aromatic carbocycles. The minimum atomic E-state index is -4.27. The van der Waals surface area contributed by atoms with Gasteiger partial charge >= 0.3 is 12.1 Å². The Morgan fingerprint density at radius 1 is 1.15 bits per heavy atom. The summed E-state index contributed by atoms with van der Waals surface area (Å²) in [4.78, 5) is 24.3. The van der Waals surface area contributed by atoms with Crippen LogP contribution in [0.25, 0.3) is 0 Å². The van der Waals surface area contributed by atoms with Gasteiger partial charge in [-0.15, -0.1) is 0 Å². The second-order valence-corrected chi connectivity index (χ2v) is 5.69. The second-order valence-electron chi connectivity index (χ2n) is 5.69. The van der Waals surface area contributed by atoms with Gasteiger partial charge in [0.1, 0.15) is 6.54 Å². The summed E-state index contributed by atoms with van der Waals surface area (Å²) in [6.07, 6.45) is -2.12. The third-order valence-electron chi connectivity index (χ3n) is 4.06. The maximum absolute atomic E-state index is 12.7. The number of halogens is 3. The highest BCUT2D eigenvalue weighted by molar-refractivity contribution is 5.83. The van der Waals surface area contributed by atoms with Crippen LogP contribution < -0.4 is 0 Å². The Balaban J connectivity index is 2.01. The predicted molar refractivity (Wildman–Crippen MR) is 63.9 cm³/mol. The minimum absolute atomic E-state index is 0.0651. The van der Waals surface area contributed by atoms with E-state index in [4.69, 9.17) is 5.11 Å². The predicted octanol–water partition coefficient (Wildman–Crippen LogP) is 2.43. The van der Waals surface area contributed by atoms with Crippen LogP contribution in [0.2, 0.25) is 0 Å². The van der Waals surface area contributed by atoms with Gasteiger partial charge in [-0.05, 0) is 32.1 Å². The van der Waals surface area contributed by atoms with Crippen molar-refractivity contribution in [3.63, 3.8) is 0 Å². The molecule has 114 valence electrons. The SMILES string of the molecule is O=C(O)CN(C(=O)C1CCCC(C(F)(F)F)C1)C1CC1. The zero-order valence-electron chi connectivity index (χ0n) is 11.0. The first-order valence-corrected chi connectivity index (χ1v) is 6.88. The number of carboxylic acid groups (broad SMARTS) is 1. The number of hydrogen-bond donors (Lipinski definition) is 1. The molecule has 0 heterocycles. The van der Waals surface area contributed by atoms with Gasteiger partial charge in [0.05, 0.1) is 5.92 Å². The standard InChI is InChI=1S/C13H18F3NO3/c14-13(15,16)9-3-1-2-8(6-9)12(20)17(7-11(18)19)10-4-5-10/h8-10H,1-7H2,(H,18,19). The largest absolute Gasteiger partial charge is 0.480 e. The maximum atomic E-state index is 12.7. The van der Waals surface area contributed by atoms with E-state index >= 15 is 0 Å². The van der Waals surface area contributed by atoms with E-state index in [1.54, 1.807) is 0 Å². The molecule has 2 unspecified atom stereocenters. The number of carbonyl (C=O) groups is 2. The van der Waals surface area contributed by atoms with Crippen LogP contribution in [0.4, 0.5) is 13.2 Å². The average molecular weight is 293 g/mol. The number of carbonyl (C=O) groups excluding carboxylic acids is 1. The molecule has 2 saturated carbocycles. The van der Waals surface area contributed by atoms with Gasteiger partial charge in [-0.25, -0.2) is 0 Å². The molecule has 0 aromatic rings. The summed E-state index contributed by atoms with van der Waals surface area (Å²) in [7, 11) is 0. The fraction of sp³-hybridized carbons (Fsp3) is 0.846. The molecule has 2 aliphatic rings. The van der Waals surface area contributed by atoms with Crippen LogP contribution in [-0.2, 0) is 9.59 Å². The Labute approximate surface area is 114 Å². The van der Waals surface area contributed by atoms with Gasteiger partial charge in [0.25, 0.3) is 0 Å². The molecule has 2 aliphatic carbocycles. The summed E-state index contributed by atoms with van der Waals surface area (Å²) >= 11 is 0. The number of aliphatic carboxylic acids is 1. The quantitative estimate of drug-likeness (QED) is 0.866. The van der Waals surface area contributed by atoms with Crippen molar-refractivity contribution in [3.8, 4) is 0 Å². The molecule has 0 bridgehead atoms. The third kappa shape index (κ3) is 3.64. The van der Waals surface area contributed by atoms with E-state index < -0.39 is 36.4 Å². The lowest BCUT2D eigenvalue weighted by atomic mass is 9.80. The molecule has 0 radical (unpaired) electrons. The van der Waals surface area contributed by atoms with Crippen LogP contribution in [0.3, 0.4) is 0 Å². The lowest BCUT2D eigenvalue weighted by Crippen LogP contribution is -2.43. The van der Waals surface area contributed by atoms with Gasteiger partial charge in [0.15, 0.2) is 0 Å². The number of amides is 1. The highest BCUT2D eigenvalue weighted by Crippen LogP contribution is 2.41. The van der Waals surface area contributed by atoms with Gasteiger partial charge in [0, 0.05) is 12.0 Å². The number of rotatable bonds is 4. The lowest BCUT2D eigenvalue weighted by molar-refractivity contribution is -0.187. The normalized spacial score (nSPS) is 27.1. The van der Waals surface area contributed by atoms with Crippen LogP contribution in [-0.4, -0.2) is 40.6 Å². The fourth-order valence-corrected chi connectivity index (χ4v) is 2.86. The second kappa shape index (κ2) is 5.61. The highest BCUT2D eigenvalue weighted by Gasteiger charge is 2.45. The monoisotopic (exact) mass is 293 g/mol. The van der Waals surface area contributed by atoms with E-state index in [0.29, 0.717) is 12.8 Å². The summed E-state index contributed by atoms with van der Waals surface area (Å²) in [5.41, 5.74) is 0. The topological polar surface area (TPSA) is 57.6 Å². The van der Waals surface area contributed by atoms with Crippen LogP contribution in [0.5, 0.6) is 0 Å². The first-order valence-electron chi connectivity index (χ1n) is 6.88. The van der Waals surface area contributed by atoms with Crippen molar-refractivity contribution >= 4 is 11.9 Å². The van der Waals surface area contributed by atoms with E-state index in [1.807, 2.05) is 0 Å². The first kappa shape index (κ1) is 15.1. The molecule has 20 heavy (non-hydrogen) atoms. The highest BCUT2D eigenvalue weighted by atomic mass is 19.4. The van der Waals surface area contributed by atoms with Crippen molar-refractivity contribution < 1.29 is 27.9 Å². The maximum Gasteiger partial charge on any atom is 0.391 e. The van der Waals surface area contributed by atoms with E-state index in [-0.39, 0.29) is 18.9 Å². The molecule has 0 spiro atoms. The van der Waals surface area contributed by atoms with Crippen molar-refractivity contribution in [1.29, 1.82) is 0 Å². The van der Waals surface area contributed by atoms with Gasteiger partial charge in [-0.1, -0.05) is 6.42 Å². The van der Waals surface area contributed by atoms with Crippen molar-refractivity contribution in [2.75, 3.05) is 6.54 Å². The molecule has 0 aromatic heterocycles. The molecule has 2 atom stereocenters. The van der Waals surface area contributed by atoms with Crippen molar-refractivity contribution in [2.45, 2.75) is 50.7 Å². The fourth-order valence-electron chi connectivity index (χ4n) is 2.86. The van der Waals surface area contributed by atoms with E-state index in [1.165, 1.54) is 4.90 Å². The minimum Gasteiger partial charge on any atom is -0.480 e. The van der Waals surface area contributed by atoms with E-state index in [0.717, 1.165) is 12.8 Å². The van der Waals surface area contributed by atoms with E-state index in [2.05, 4.69) is 0 Å². The molecule has 0 aliphatic heterocycles. The zero-order valence-corrected chi connectivity index (χ0v) is 11.0. The first-order chi connectivity index (χ1) is 9.29. The number of carboxylic acids is 1. The van der Waals surface area contributed by atoms with Crippen LogP contribution in [0.1, 0.15) is 38.5 Å². The van der Waals surface area contributed by atoms with E-state index in [9.17, 15) is 22.8 Å². The Hall–Kier alpha value is -1.27. The molecule has 1 N–H and O–H groups in total. The Kier molecular flexibility index (Phi) is 4.25. The molecule has 4 nitrogen and oxygen atoms in total. The van der Waals surface area contributed by atoms with Gasteiger partial charge in [-0.2, -0.15) is 13.2 Å². The Bertz CT molecular complexity index is 393. The summed E-state index contributed by atoms with van der Waals surface area (Å²) in [6.45, 7) is -0.406. The molecular formula is C13H18F3NO3. The van der Waals surface area contributed by atoms with Crippen molar-refractivity contribution in [3.05, 3.63) is 0 Å². The van der Waals surface area contributed by atoms with Crippen LogP contribution >= 0.6 is 0 Å². The van der Waals surface area contributed by atoms with Gasteiger partial charge in [0.2, 0.25) is 5.91 Å². The van der Waals surface area contributed by atoms with Crippen LogP contribution in [0, 0.1) is 11.8 Å². The zero-order chi connectivity index (χ0) is 14.9. The smallest absolute Gasteiger partial charge is 0.391 e. The summed E-state index contributed by atoms with van der Waals surface area (Å²) in [6, 6.07) is -0.0927. The Morgan fingerprint density at radius 2 is 1.80 bits per heavy atom. The van der Waals surface area contributed by atoms with Crippen molar-refractivity contribution in [1.82, 2.24) is 4.90 Å². The molecular weight excluding hydrogens is 275 g/mol. The molecule has 2 rings (SSSR count). The summed E-state index contributed by atoms with van der Waals surface area (Å²) in [5.74, 6) is -3.65. The van der Waals surface area contributed by atoms with Crippen LogP contribution in [0.15, 0.2) is 0 Å². The molecule has 2 fully saturated rings. The average Bonchev–Trinajstić information content (AvgIpc) is 3.18. The Morgan fingerprint density at radius 3 is 2.30 bits per heavy atom. The summed E-state index contributed by atoms with van der Waals surface area (Å²) in [5, 5.41) is 8.82. The number of hydrogen-bond acceptors (Lipinski definition) is 2. The van der Waals surface area contributed by atoms with Crippen molar-refractivity contribution in [2.24, 2.45) is 11.8 Å². The molecule has 0 saturated heterocycles. The lowest BCUT2D eigenvalue weighted by Gasteiger charge is -2.33. The molecule has 7 heteroatoms. The van der Waals surface area contributed by atoms with Gasteiger partial charge in [-0.3, -0.25) is 9.59 Å². The molecule has 1 amide bonds. The number of alkyl halides is 3. The van der Waals surface area contributed by atoms with Gasteiger partial charge < -0.3 is 10.0 Å².